The summed E-state index contributed by atoms with van der Waals surface area (Å²) in [4.78, 5) is 12.8. The number of β-amino-alcohol motifs (C(OH)–C–C–N with tert-alkyl or cyclic N) is 1. The fourth-order valence-electron chi connectivity index (χ4n) is 4.35. The highest BCUT2D eigenvalue weighted by molar-refractivity contribution is 5.85. The van der Waals surface area contributed by atoms with Crippen molar-refractivity contribution in [3.63, 3.8) is 0 Å². The van der Waals surface area contributed by atoms with Crippen LogP contribution < -0.4 is 4.90 Å². The van der Waals surface area contributed by atoms with Crippen LogP contribution in [-0.2, 0) is 0 Å². The van der Waals surface area contributed by atoms with Crippen molar-refractivity contribution < 1.29 is 20.1 Å². The minimum absolute atomic E-state index is 0.00107. The van der Waals surface area contributed by atoms with Gasteiger partial charge >= 0.3 is 5.97 Å². The molecule has 0 radical (unpaired) electrons. The van der Waals surface area contributed by atoms with Gasteiger partial charge in [0.2, 0.25) is 0 Å². The molecule has 2 heterocycles. The second-order valence-electron chi connectivity index (χ2n) is 6.77. The lowest BCUT2D eigenvalue weighted by molar-refractivity contribution is 0.0689. The number of anilines is 1. The zero-order chi connectivity index (χ0) is 17.6. The van der Waals surface area contributed by atoms with E-state index in [-0.39, 0.29) is 24.1 Å². The summed E-state index contributed by atoms with van der Waals surface area (Å²) in [5.74, 6) is -0.480. The summed E-state index contributed by atoms with van der Waals surface area (Å²) in [7, 11) is 0. The number of carboxylic acid groups (broad SMARTS) is 1. The number of aromatic nitrogens is 2. The molecule has 1 aromatic heterocycles. The lowest BCUT2D eigenvalue weighted by Gasteiger charge is -2.17. The topological polar surface area (TPSA) is 107 Å². The summed E-state index contributed by atoms with van der Waals surface area (Å²) < 4.78 is 0. The number of aliphatic hydroxyl groups excluding tert-OH is 2. The van der Waals surface area contributed by atoms with Crippen LogP contribution in [0.15, 0.2) is 42.5 Å². The van der Waals surface area contributed by atoms with Gasteiger partial charge in [-0.15, -0.1) is 10.2 Å². The third kappa shape index (κ3) is 2.39. The van der Waals surface area contributed by atoms with Crippen LogP contribution in [0.3, 0.4) is 0 Å². The number of hydrogen-bond acceptors (Lipinski definition) is 6. The van der Waals surface area contributed by atoms with E-state index in [0.717, 1.165) is 5.56 Å². The lowest BCUT2D eigenvalue weighted by atomic mass is 9.95. The number of rotatable bonds is 4. The number of aromatic carboxylic acids is 1. The number of aliphatic hydroxyl groups is 2. The first-order valence-electron chi connectivity index (χ1n) is 8.23. The van der Waals surface area contributed by atoms with Crippen molar-refractivity contribution in [1.82, 2.24) is 10.2 Å². The van der Waals surface area contributed by atoms with Crippen molar-refractivity contribution >= 4 is 11.8 Å². The first kappa shape index (κ1) is 16.0. The van der Waals surface area contributed by atoms with Crippen molar-refractivity contribution in [2.24, 2.45) is 11.3 Å². The smallest absolute Gasteiger partial charge is 0.356 e. The summed E-state index contributed by atoms with van der Waals surface area (Å²) in [6.07, 6.45) is -0.587. The Labute approximate surface area is 144 Å². The molecule has 1 aromatic carbocycles. The van der Waals surface area contributed by atoms with E-state index in [2.05, 4.69) is 10.2 Å². The van der Waals surface area contributed by atoms with E-state index < -0.39 is 17.5 Å². The summed E-state index contributed by atoms with van der Waals surface area (Å²) in [6.45, 7) is 0.967. The van der Waals surface area contributed by atoms with Gasteiger partial charge in [0.15, 0.2) is 11.5 Å². The number of nitrogens with zero attached hydrogens (tertiary/aromatic N) is 3. The molecule has 25 heavy (non-hydrogen) atoms. The van der Waals surface area contributed by atoms with Crippen LogP contribution in [0.4, 0.5) is 5.82 Å². The molecule has 7 heteroatoms. The summed E-state index contributed by atoms with van der Waals surface area (Å²) in [5, 5.41) is 37.2. The van der Waals surface area contributed by atoms with E-state index in [1.165, 1.54) is 6.07 Å². The molecule has 0 amide bonds. The molecular weight excluding hydrogens is 322 g/mol. The highest BCUT2D eigenvalue weighted by atomic mass is 16.4. The lowest BCUT2D eigenvalue weighted by Crippen LogP contribution is -2.23. The maximum absolute atomic E-state index is 10.9. The van der Waals surface area contributed by atoms with Crippen molar-refractivity contribution in [3.8, 4) is 0 Å². The Kier molecular flexibility index (Phi) is 3.70. The molecule has 2 fully saturated rings. The second kappa shape index (κ2) is 5.79. The van der Waals surface area contributed by atoms with Gasteiger partial charge in [0.05, 0.1) is 6.10 Å². The fourth-order valence-corrected chi connectivity index (χ4v) is 4.35. The Morgan fingerprint density at radius 3 is 2.56 bits per heavy atom. The van der Waals surface area contributed by atoms with Crippen molar-refractivity contribution in [2.45, 2.75) is 12.0 Å². The maximum Gasteiger partial charge on any atom is 0.356 e. The van der Waals surface area contributed by atoms with Crippen LogP contribution in [0.5, 0.6) is 0 Å². The van der Waals surface area contributed by atoms with Gasteiger partial charge in [-0.05, 0) is 29.5 Å². The van der Waals surface area contributed by atoms with Crippen LogP contribution in [0, 0.1) is 11.3 Å². The molecule has 4 atom stereocenters. The molecule has 1 saturated carbocycles. The Bertz CT molecular complexity index is 783. The molecule has 1 saturated heterocycles. The van der Waals surface area contributed by atoms with Gasteiger partial charge in [0.1, 0.15) is 0 Å². The number of carbonyl (C=O) groups is 1. The molecule has 1 spiro atoms. The molecule has 130 valence electrons. The summed E-state index contributed by atoms with van der Waals surface area (Å²) in [6, 6.07) is 12.9. The summed E-state index contributed by atoms with van der Waals surface area (Å²) >= 11 is 0. The molecule has 7 nitrogen and oxygen atoms in total. The number of benzene rings is 1. The highest BCUT2D eigenvalue weighted by Crippen LogP contribution is 2.68. The number of hydrogen-bond donors (Lipinski definition) is 3. The van der Waals surface area contributed by atoms with Gasteiger partial charge in [0.25, 0.3) is 0 Å². The zero-order valence-electron chi connectivity index (χ0n) is 13.5. The largest absolute Gasteiger partial charge is 0.476 e. The van der Waals surface area contributed by atoms with Crippen LogP contribution in [0.2, 0.25) is 0 Å². The first-order chi connectivity index (χ1) is 12.1. The Balaban J connectivity index is 1.59. The van der Waals surface area contributed by atoms with E-state index in [1.807, 2.05) is 35.2 Å². The van der Waals surface area contributed by atoms with Gasteiger partial charge in [-0.3, -0.25) is 0 Å². The third-order valence-electron chi connectivity index (χ3n) is 5.59. The van der Waals surface area contributed by atoms with Gasteiger partial charge in [-0.1, -0.05) is 30.3 Å². The molecule has 1 aliphatic heterocycles. The number of carboxylic acids is 1. The van der Waals surface area contributed by atoms with E-state index in [0.29, 0.717) is 18.9 Å². The Hall–Kier alpha value is -2.51. The van der Waals surface area contributed by atoms with Gasteiger partial charge in [-0.25, -0.2) is 4.79 Å². The first-order valence-corrected chi connectivity index (χ1v) is 8.23. The SMILES string of the molecule is O=C(O)c1ccc(N2C[C@H](O)[C@@]3(C2)[C@H](CO)[C@H]3c2ccccc2)nn1. The van der Waals surface area contributed by atoms with Gasteiger partial charge < -0.3 is 20.2 Å². The normalized spacial score (nSPS) is 30.6. The van der Waals surface area contributed by atoms with Gasteiger partial charge in [0, 0.05) is 25.1 Å². The molecule has 3 N–H and O–H groups in total. The molecule has 0 bridgehead atoms. The zero-order valence-corrected chi connectivity index (χ0v) is 13.5. The average Bonchev–Trinajstić information content (AvgIpc) is 3.17. The summed E-state index contributed by atoms with van der Waals surface area (Å²) in [5.41, 5.74) is 0.610. The van der Waals surface area contributed by atoms with E-state index in [1.54, 1.807) is 6.07 Å². The minimum Gasteiger partial charge on any atom is -0.476 e. The van der Waals surface area contributed by atoms with E-state index in [4.69, 9.17) is 5.11 Å². The quantitative estimate of drug-likeness (QED) is 0.753. The van der Waals surface area contributed by atoms with Crippen molar-refractivity contribution in [3.05, 3.63) is 53.7 Å². The molecular formula is C18H19N3O4. The van der Waals surface area contributed by atoms with E-state index >= 15 is 0 Å². The van der Waals surface area contributed by atoms with Crippen molar-refractivity contribution in [1.29, 1.82) is 0 Å². The third-order valence-corrected chi connectivity index (χ3v) is 5.59. The predicted octanol–water partition coefficient (Wildman–Crippen LogP) is 0.748. The van der Waals surface area contributed by atoms with Crippen LogP contribution in [0.1, 0.15) is 22.0 Å². The van der Waals surface area contributed by atoms with Gasteiger partial charge in [-0.2, -0.15) is 0 Å². The molecule has 2 aromatic rings. The molecule has 4 rings (SSSR count). The second-order valence-corrected chi connectivity index (χ2v) is 6.77. The standard InChI is InChI=1S/C18H19N3O4/c22-9-12-16(11-4-2-1-3-5-11)18(12)10-21(8-14(18)23)15-7-6-13(17(24)25)19-20-15/h1-7,12,14,16,22-23H,8-10H2,(H,24,25)/t12-,14+,16-,18-/m1/s1. The Morgan fingerprint density at radius 1 is 1.20 bits per heavy atom. The van der Waals surface area contributed by atoms with Crippen LogP contribution >= 0.6 is 0 Å². The monoisotopic (exact) mass is 341 g/mol. The predicted molar refractivity (Wildman–Crippen MR) is 89.4 cm³/mol. The molecule has 0 unspecified atom stereocenters. The minimum atomic E-state index is -1.12. The highest BCUT2D eigenvalue weighted by Gasteiger charge is 2.71. The van der Waals surface area contributed by atoms with Crippen LogP contribution in [0.25, 0.3) is 0 Å². The van der Waals surface area contributed by atoms with Crippen molar-refractivity contribution in [2.75, 3.05) is 24.6 Å². The fraction of sp³-hybridized carbons (Fsp3) is 0.389. The average molecular weight is 341 g/mol. The maximum atomic E-state index is 10.9. The molecule has 1 aliphatic carbocycles. The van der Waals surface area contributed by atoms with Crippen LogP contribution in [-0.4, -0.2) is 57.3 Å². The van der Waals surface area contributed by atoms with E-state index in [9.17, 15) is 15.0 Å². The Morgan fingerprint density at radius 2 is 1.96 bits per heavy atom. The molecule has 2 aliphatic rings.